The fourth-order valence-electron chi connectivity index (χ4n) is 4.90. The second-order valence-corrected chi connectivity index (χ2v) is 11.3. The van der Waals surface area contributed by atoms with Crippen molar-refractivity contribution in [3.05, 3.63) is 47.8 Å². The first kappa shape index (κ1) is 31.2. The van der Waals surface area contributed by atoms with Crippen molar-refractivity contribution in [3.8, 4) is 11.4 Å². The van der Waals surface area contributed by atoms with Gasteiger partial charge in [0.15, 0.2) is 0 Å². The highest BCUT2D eigenvalue weighted by Crippen LogP contribution is 2.20. The van der Waals surface area contributed by atoms with E-state index < -0.39 is 0 Å². The summed E-state index contributed by atoms with van der Waals surface area (Å²) < 4.78 is 0. The Morgan fingerprint density at radius 2 is 0.722 bits per heavy atom. The first-order valence-corrected chi connectivity index (χ1v) is 16.2. The van der Waals surface area contributed by atoms with E-state index in [1.807, 2.05) is 12.4 Å². The predicted octanol–water partition coefficient (Wildman–Crippen LogP) is 10.1. The third-order valence-electron chi connectivity index (χ3n) is 7.16. The van der Waals surface area contributed by atoms with Crippen LogP contribution in [-0.4, -0.2) is 21.5 Å². The monoisotopic (exact) mass is 528 g/mol. The number of rotatable bonds is 23. The standard InChI is InChI=1S/C32H52N2S2/c35-25-17-13-9-5-1-3-7-11-15-19-29-21-23-33-31(27-29)32-28-30(22-24-34-32)20-16-12-8-4-2-6-10-14-18-26-36/h21-24,27-28,35-36H,1-20,25-26H2. The molecule has 2 aromatic heterocycles. The number of nitrogens with zero attached hydrogens (tertiary/aromatic N) is 2. The Morgan fingerprint density at radius 1 is 0.417 bits per heavy atom. The first-order valence-electron chi connectivity index (χ1n) is 15.0. The number of hydrogen-bond acceptors (Lipinski definition) is 4. The maximum Gasteiger partial charge on any atom is 0.0888 e. The third-order valence-corrected chi connectivity index (χ3v) is 7.79. The molecule has 0 radical (unpaired) electrons. The predicted molar refractivity (Wildman–Crippen MR) is 166 cm³/mol. The maximum absolute atomic E-state index is 4.64. The molecule has 0 aliphatic heterocycles. The molecule has 0 aliphatic rings. The third kappa shape index (κ3) is 15.3. The van der Waals surface area contributed by atoms with Crippen molar-refractivity contribution in [2.45, 2.75) is 128 Å². The summed E-state index contributed by atoms with van der Waals surface area (Å²) in [7, 11) is 0. The molecule has 0 fully saturated rings. The van der Waals surface area contributed by atoms with Crippen molar-refractivity contribution in [2.24, 2.45) is 0 Å². The molecular formula is C32H52N2S2. The molecule has 0 aliphatic carbocycles. The van der Waals surface area contributed by atoms with Crippen molar-refractivity contribution in [1.82, 2.24) is 9.97 Å². The Labute approximate surface area is 233 Å². The molecule has 2 nitrogen and oxygen atoms in total. The Bertz CT molecular complexity index is 715. The quantitative estimate of drug-likeness (QED) is 0.111. The molecule has 0 N–H and O–H groups in total. The summed E-state index contributed by atoms with van der Waals surface area (Å²) in [5.74, 6) is 2.08. The summed E-state index contributed by atoms with van der Waals surface area (Å²) in [6, 6.07) is 8.86. The number of hydrogen-bond donors (Lipinski definition) is 2. The van der Waals surface area contributed by atoms with Gasteiger partial charge in [-0.05, 0) is 85.4 Å². The summed E-state index contributed by atoms with van der Waals surface area (Å²) in [6.45, 7) is 0. The summed E-state index contributed by atoms with van der Waals surface area (Å²) in [5, 5.41) is 0. The van der Waals surface area contributed by atoms with Crippen molar-refractivity contribution >= 4 is 25.3 Å². The highest BCUT2D eigenvalue weighted by Gasteiger charge is 2.05. The van der Waals surface area contributed by atoms with E-state index in [4.69, 9.17) is 0 Å². The van der Waals surface area contributed by atoms with Crippen LogP contribution >= 0.6 is 25.3 Å². The molecule has 2 rings (SSSR count). The van der Waals surface area contributed by atoms with Gasteiger partial charge in [-0.15, -0.1) is 0 Å². The average molecular weight is 529 g/mol. The van der Waals surface area contributed by atoms with Crippen molar-refractivity contribution in [1.29, 1.82) is 0 Å². The summed E-state index contributed by atoms with van der Waals surface area (Å²) in [6.07, 6.45) is 30.5. The molecular weight excluding hydrogens is 477 g/mol. The Kier molecular flexibility index (Phi) is 19.1. The Balaban J connectivity index is 1.62. The number of aromatic nitrogens is 2. The second-order valence-electron chi connectivity index (χ2n) is 10.4. The molecule has 0 bridgehead atoms. The van der Waals surface area contributed by atoms with E-state index in [-0.39, 0.29) is 0 Å². The van der Waals surface area contributed by atoms with Crippen LogP contribution in [0.3, 0.4) is 0 Å². The van der Waals surface area contributed by atoms with E-state index >= 15 is 0 Å². The van der Waals surface area contributed by atoms with E-state index in [0.29, 0.717) is 0 Å². The van der Waals surface area contributed by atoms with Crippen LogP contribution < -0.4 is 0 Å². The summed E-state index contributed by atoms with van der Waals surface area (Å²) >= 11 is 8.58. The molecule has 0 spiro atoms. The van der Waals surface area contributed by atoms with Crippen LogP contribution in [0.15, 0.2) is 36.7 Å². The second kappa shape index (κ2) is 22.0. The zero-order valence-corrected chi connectivity index (χ0v) is 24.6. The fourth-order valence-corrected chi connectivity index (χ4v) is 5.34. The number of thiol groups is 2. The molecule has 2 aromatic rings. The zero-order valence-electron chi connectivity index (χ0n) is 22.8. The van der Waals surface area contributed by atoms with E-state index in [2.05, 4.69) is 59.5 Å². The minimum absolute atomic E-state index is 1.02. The fraction of sp³-hybridized carbons (Fsp3) is 0.688. The van der Waals surface area contributed by atoms with Gasteiger partial charge in [-0.2, -0.15) is 25.3 Å². The van der Waals surface area contributed by atoms with Gasteiger partial charge in [0.2, 0.25) is 0 Å². The minimum atomic E-state index is 1.02. The number of pyridine rings is 2. The lowest BCUT2D eigenvalue weighted by Crippen LogP contribution is -1.94. The van der Waals surface area contributed by atoms with Gasteiger partial charge < -0.3 is 0 Å². The SMILES string of the molecule is SCCCCCCCCCCCc1ccnc(-c2cc(CCCCCCCCCCCS)ccn2)c1. The van der Waals surface area contributed by atoms with Gasteiger partial charge in [-0.3, -0.25) is 9.97 Å². The van der Waals surface area contributed by atoms with Crippen molar-refractivity contribution in [2.75, 3.05) is 11.5 Å². The van der Waals surface area contributed by atoms with E-state index in [1.54, 1.807) is 0 Å². The molecule has 0 aromatic carbocycles. The van der Waals surface area contributed by atoms with Gasteiger partial charge in [0, 0.05) is 12.4 Å². The van der Waals surface area contributed by atoms with Crippen molar-refractivity contribution < 1.29 is 0 Å². The number of unbranched alkanes of at least 4 members (excludes halogenated alkanes) is 16. The topological polar surface area (TPSA) is 25.8 Å². The molecule has 0 saturated heterocycles. The summed E-state index contributed by atoms with van der Waals surface area (Å²) in [4.78, 5) is 9.27. The molecule has 0 atom stereocenters. The van der Waals surface area contributed by atoms with Crippen LogP contribution in [0.25, 0.3) is 11.4 Å². The van der Waals surface area contributed by atoms with Gasteiger partial charge in [0.1, 0.15) is 0 Å². The highest BCUT2D eigenvalue weighted by atomic mass is 32.1. The van der Waals surface area contributed by atoms with E-state index in [1.165, 1.54) is 127 Å². The highest BCUT2D eigenvalue weighted by molar-refractivity contribution is 7.80. The van der Waals surface area contributed by atoms with E-state index in [9.17, 15) is 0 Å². The Hall–Kier alpha value is -1.00. The lowest BCUT2D eigenvalue weighted by Gasteiger charge is -2.07. The van der Waals surface area contributed by atoms with Gasteiger partial charge in [-0.25, -0.2) is 0 Å². The number of aryl methyl sites for hydroxylation is 2. The maximum atomic E-state index is 4.64. The van der Waals surface area contributed by atoms with Gasteiger partial charge in [0.05, 0.1) is 11.4 Å². The summed E-state index contributed by atoms with van der Waals surface area (Å²) in [5.41, 5.74) is 4.83. The largest absolute Gasteiger partial charge is 0.255 e. The normalized spacial score (nSPS) is 11.3. The van der Waals surface area contributed by atoms with Crippen LogP contribution in [0, 0.1) is 0 Å². The van der Waals surface area contributed by atoms with Crippen LogP contribution in [-0.2, 0) is 12.8 Å². The molecule has 36 heavy (non-hydrogen) atoms. The lowest BCUT2D eigenvalue weighted by atomic mass is 10.0. The molecule has 4 heteroatoms. The van der Waals surface area contributed by atoms with Gasteiger partial charge in [0.25, 0.3) is 0 Å². The molecule has 2 heterocycles. The van der Waals surface area contributed by atoms with E-state index in [0.717, 1.165) is 35.7 Å². The van der Waals surface area contributed by atoms with Crippen LogP contribution in [0.1, 0.15) is 127 Å². The van der Waals surface area contributed by atoms with Crippen molar-refractivity contribution in [3.63, 3.8) is 0 Å². The van der Waals surface area contributed by atoms with Crippen LogP contribution in [0.4, 0.5) is 0 Å². The smallest absolute Gasteiger partial charge is 0.0888 e. The minimum Gasteiger partial charge on any atom is -0.255 e. The molecule has 0 amide bonds. The van der Waals surface area contributed by atoms with Crippen LogP contribution in [0.5, 0.6) is 0 Å². The zero-order chi connectivity index (χ0) is 25.5. The van der Waals surface area contributed by atoms with Gasteiger partial charge in [-0.1, -0.05) is 89.9 Å². The molecule has 0 unspecified atom stereocenters. The first-order chi connectivity index (χ1) is 17.8. The molecule has 0 saturated carbocycles. The average Bonchev–Trinajstić information content (AvgIpc) is 2.91. The lowest BCUT2D eigenvalue weighted by molar-refractivity contribution is 0.565. The molecule has 202 valence electrons. The van der Waals surface area contributed by atoms with Gasteiger partial charge >= 0.3 is 0 Å². The van der Waals surface area contributed by atoms with Crippen LogP contribution in [0.2, 0.25) is 0 Å². The Morgan fingerprint density at radius 3 is 1.06 bits per heavy atom.